The average Bonchev–Trinajstić information content (AvgIpc) is 3.29. The monoisotopic (exact) mass is 1650 g/mol. The van der Waals surface area contributed by atoms with E-state index < -0.39 is 79.2 Å². The van der Waals surface area contributed by atoms with Crippen LogP contribution in [0.5, 0.6) is 0 Å². The van der Waals surface area contributed by atoms with Crippen molar-refractivity contribution < 1.29 is 77.8 Å². The lowest BCUT2D eigenvalue weighted by atomic mass is 10.1. The normalized spacial score (nSPS) is 12.3. The summed E-state index contributed by atoms with van der Waals surface area (Å²) >= 11 is 11.4. The SMILES string of the molecule is CCC(=O)Nc1c(I)c(C(=O)NCC(CC)OC(C)=O)c(I)c(C(=O)NCC(COC(C)=O)OC(C)=O)c1I.CCC(=O)Nc1c(I)c(C(=O)NCC(O)CO)c(I)c(C(=O)NCC(O)CO)c1I. The van der Waals surface area contributed by atoms with E-state index in [1.165, 1.54) is 20.8 Å². The first-order chi connectivity index (χ1) is 32.3. The Kier molecular flexibility index (Phi) is 30.9. The molecule has 2 rings (SSSR count). The molecule has 0 heterocycles. The summed E-state index contributed by atoms with van der Waals surface area (Å²) < 4.78 is 17.5. The van der Waals surface area contributed by atoms with E-state index in [1.54, 1.807) is 13.8 Å². The zero-order chi connectivity index (χ0) is 52.9. The third kappa shape index (κ3) is 21.1. The molecular formula is C41H52I6N6O16. The van der Waals surface area contributed by atoms with Crippen molar-refractivity contribution >= 4 is 200 Å². The number of benzene rings is 2. The maximum absolute atomic E-state index is 13.4. The van der Waals surface area contributed by atoms with Gasteiger partial charge in [0.25, 0.3) is 23.6 Å². The molecule has 22 nitrogen and oxygen atoms in total. The van der Waals surface area contributed by atoms with Gasteiger partial charge in [-0.25, -0.2) is 0 Å². The van der Waals surface area contributed by atoms with Gasteiger partial charge in [0, 0.05) is 53.8 Å². The van der Waals surface area contributed by atoms with Gasteiger partial charge in [-0.1, -0.05) is 20.8 Å². The fraction of sp³-hybridized carbons (Fsp3) is 0.488. The summed E-state index contributed by atoms with van der Waals surface area (Å²) in [5.41, 5.74) is 1.12. The Bertz CT molecular complexity index is 2180. The lowest BCUT2D eigenvalue weighted by Gasteiger charge is -2.21. The number of rotatable bonds is 23. The van der Waals surface area contributed by atoms with Gasteiger partial charge in [0.05, 0.1) is 86.4 Å². The maximum atomic E-state index is 13.4. The van der Waals surface area contributed by atoms with Crippen LogP contribution >= 0.6 is 136 Å². The predicted molar refractivity (Wildman–Crippen MR) is 301 cm³/mol. The molecule has 0 saturated heterocycles. The number of nitrogens with one attached hydrogen (secondary N) is 6. The van der Waals surface area contributed by atoms with Gasteiger partial charge in [0.2, 0.25) is 11.8 Å². The molecule has 0 spiro atoms. The van der Waals surface area contributed by atoms with Gasteiger partial charge < -0.3 is 66.5 Å². The molecule has 0 bridgehead atoms. The molecule has 0 fully saturated rings. The molecular weight excluding hydrogens is 1590 g/mol. The van der Waals surface area contributed by atoms with Crippen LogP contribution < -0.4 is 31.9 Å². The molecule has 2 aromatic carbocycles. The molecule has 384 valence electrons. The summed E-state index contributed by atoms with van der Waals surface area (Å²) in [5, 5.41) is 52.7. The van der Waals surface area contributed by atoms with Crippen LogP contribution in [0.15, 0.2) is 0 Å². The summed E-state index contributed by atoms with van der Waals surface area (Å²) in [6.07, 6.45) is -2.94. The molecule has 69 heavy (non-hydrogen) atoms. The van der Waals surface area contributed by atoms with Crippen molar-refractivity contribution in [3.63, 3.8) is 0 Å². The van der Waals surface area contributed by atoms with E-state index in [0.29, 0.717) is 39.2 Å². The number of carbonyl (C=O) groups excluding carboxylic acids is 9. The second kappa shape index (κ2) is 32.9. The first-order valence-corrected chi connectivity index (χ1v) is 27.0. The Morgan fingerprint density at radius 1 is 0.478 bits per heavy atom. The van der Waals surface area contributed by atoms with Crippen LogP contribution in [-0.4, -0.2) is 144 Å². The molecule has 0 saturated carbocycles. The number of halogens is 6. The summed E-state index contributed by atoms with van der Waals surface area (Å²) in [6, 6.07) is 0. The average molecular weight is 1650 g/mol. The number of hydrogen-bond donors (Lipinski definition) is 10. The molecule has 4 unspecified atom stereocenters. The van der Waals surface area contributed by atoms with Crippen molar-refractivity contribution in [3.05, 3.63) is 43.7 Å². The molecule has 2 aromatic rings. The number of esters is 3. The fourth-order valence-corrected chi connectivity index (χ4v) is 14.0. The van der Waals surface area contributed by atoms with Gasteiger partial charge in [0.15, 0.2) is 6.10 Å². The van der Waals surface area contributed by atoms with E-state index in [1.807, 2.05) is 142 Å². The van der Waals surface area contributed by atoms with Crippen LogP contribution in [0.25, 0.3) is 0 Å². The van der Waals surface area contributed by atoms with Crippen molar-refractivity contribution in [2.75, 3.05) is 56.6 Å². The topological polar surface area (TPSA) is 334 Å². The van der Waals surface area contributed by atoms with E-state index in [9.17, 15) is 53.4 Å². The highest BCUT2D eigenvalue weighted by Crippen LogP contribution is 2.37. The Balaban J connectivity index is 0.000000714. The first kappa shape index (κ1) is 64.9. The van der Waals surface area contributed by atoms with Gasteiger partial charge in [-0.05, 0) is 142 Å². The Morgan fingerprint density at radius 2 is 0.783 bits per heavy atom. The third-order valence-corrected chi connectivity index (χ3v) is 15.2. The van der Waals surface area contributed by atoms with Gasteiger partial charge >= 0.3 is 17.9 Å². The number of carbonyl (C=O) groups is 9. The minimum Gasteiger partial charge on any atom is -0.462 e. The fourth-order valence-electron chi connectivity index (χ4n) is 5.20. The molecule has 0 aliphatic carbocycles. The van der Waals surface area contributed by atoms with Crippen LogP contribution in [0.3, 0.4) is 0 Å². The van der Waals surface area contributed by atoms with E-state index in [4.69, 9.17) is 24.4 Å². The minimum atomic E-state index is -1.14. The van der Waals surface area contributed by atoms with Crippen LogP contribution in [0.2, 0.25) is 0 Å². The lowest BCUT2D eigenvalue weighted by Crippen LogP contribution is -2.39. The molecule has 0 radical (unpaired) electrons. The van der Waals surface area contributed by atoms with Gasteiger partial charge in [-0.3, -0.25) is 43.2 Å². The summed E-state index contributed by atoms with van der Waals surface area (Å²) in [6.45, 7) is 6.96. The van der Waals surface area contributed by atoms with Crippen LogP contribution in [0.1, 0.15) is 102 Å². The summed E-state index contributed by atoms with van der Waals surface area (Å²) in [4.78, 5) is 110. The van der Waals surface area contributed by atoms with Crippen LogP contribution in [0, 0.1) is 21.4 Å². The van der Waals surface area contributed by atoms with Gasteiger partial charge in [0.1, 0.15) is 12.7 Å². The summed E-state index contributed by atoms with van der Waals surface area (Å²) in [7, 11) is 0. The van der Waals surface area contributed by atoms with Crippen molar-refractivity contribution in [1.29, 1.82) is 0 Å². The second-order valence-electron chi connectivity index (χ2n) is 14.1. The second-order valence-corrected chi connectivity index (χ2v) is 20.6. The zero-order valence-corrected chi connectivity index (χ0v) is 50.8. The quantitative estimate of drug-likeness (QED) is 0.0434. The maximum Gasteiger partial charge on any atom is 0.303 e. The van der Waals surface area contributed by atoms with Crippen molar-refractivity contribution in [1.82, 2.24) is 21.3 Å². The molecule has 0 aliphatic heterocycles. The molecule has 10 N–H and O–H groups in total. The van der Waals surface area contributed by atoms with Crippen molar-refractivity contribution in [2.45, 2.75) is 85.2 Å². The number of aliphatic hydroxyl groups excluding tert-OH is 4. The smallest absolute Gasteiger partial charge is 0.303 e. The molecule has 4 atom stereocenters. The Hall–Kier alpha value is -2.11. The van der Waals surface area contributed by atoms with Crippen LogP contribution in [-0.2, 0) is 38.2 Å². The molecule has 0 aromatic heterocycles. The first-order valence-electron chi connectivity index (χ1n) is 20.5. The van der Waals surface area contributed by atoms with E-state index >= 15 is 0 Å². The highest BCUT2D eigenvalue weighted by Gasteiger charge is 2.31. The van der Waals surface area contributed by atoms with Crippen molar-refractivity contribution in [2.24, 2.45) is 0 Å². The molecule has 6 amide bonds. The van der Waals surface area contributed by atoms with E-state index in [0.717, 1.165) is 0 Å². The highest BCUT2D eigenvalue weighted by molar-refractivity contribution is 14.1. The van der Waals surface area contributed by atoms with Gasteiger partial charge in [-0.15, -0.1) is 0 Å². The van der Waals surface area contributed by atoms with Gasteiger partial charge in [-0.2, -0.15) is 0 Å². The lowest BCUT2D eigenvalue weighted by molar-refractivity contribution is -0.155. The Morgan fingerprint density at radius 3 is 1.06 bits per heavy atom. The predicted octanol–water partition coefficient (Wildman–Crippen LogP) is 3.16. The number of anilines is 2. The largest absolute Gasteiger partial charge is 0.462 e. The third-order valence-electron chi connectivity index (χ3n) is 8.70. The molecule has 28 heteroatoms. The Labute approximate surface area is 479 Å². The van der Waals surface area contributed by atoms with E-state index in [2.05, 4.69) is 31.9 Å². The molecule has 0 aliphatic rings. The standard InChI is InChI=1S/C24H30I3N3O9.C17H22I3N3O7/c1-6-14(38-12(4)32)8-28-23(35)17-19(25)18(21(27)22(20(17)26)30-16(34)7-2)24(36)29-9-15(39-13(5)33)10-37-11(3)31;1-2-9(28)23-15-13(19)10(16(29)21-3-7(26)5-24)12(18)11(14(15)20)17(30)22-4-8(27)6-25/h14-15H,6-10H2,1-5H3,(H,28,35)(H,29,36)(H,30,34);7-8,24-27H,2-6H2,1H3,(H,21,29)(H,22,30)(H,23,28). The van der Waals surface area contributed by atoms with E-state index in [-0.39, 0.29) is 79.7 Å². The number of amides is 6. The highest BCUT2D eigenvalue weighted by atomic mass is 127. The summed E-state index contributed by atoms with van der Waals surface area (Å²) in [5.74, 6) is -4.62. The van der Waals surface area contributed by atoms with Crippen LogP contribution in [0.4, 0.5) is 11.4 Å². The zero-order valence-electron chi connectivity index (χ0n) is 37.8. The number of ether oxygens (including phenoxy) is 3. The number of aliphatic hydroxyl groups is 4. The number of hydrogen-bond acceptors (Lipinski definition) is 16. The van der Waals surface area contributed by atoms with Crippen molar-refractivity contribution in [3.8, 4) is 0 Å². The minimum absolute atomic E-state index is 0.0471.